The van der Waals surface area contributed by atoms with Crippen LogP contribution in [0, 0.1) is 0 Å². The van der Waals surface area contributed by atoms with E-state index in [1.807, 2.05) is 0 Å². The molecule has 0 radical (unpaired) electrons. The van der Waals surface area contributed by atoms with Crippen LogP contribution < -0.4 is 0 Å². The van der Waals surface area contributed by atoms with Gasteiger partial charge in [-0.25, -0.2) is 0 Å². The summed E-state index contributed by atoms with van der Waals surface area (Å²) < 4.78 is 8.40. The maximum atomic E-state index is 11.0. The van der Waals surface area contributed by atoms with Crippen molar-refractivity contribution >= 4 is 95.4 Å². The van der Waals surface area contributed by atoms with Crippen LogP contribution in [-0.4, -0.2) is 15.0 Å². The maximum Gasteiger partial charge on any atom is 0.333 e. The molecule has 0 aromatic rings. The summed E-state index contributed by atoms with van der Waals surface area (Å²) in [6, 6.07) is 0. The van der Waals surface area contributed by atoms with Crippen LogP contribution in [-0.2, 0) is 0 Å². The molecule has 0 N–H and O–H groups in total. The molecule has 0 aliphatic carbocycles. The van der Waals surface area contributed by atoms with Crippen LogP contribution in [0.15, 0.2) is 0 Å². The van der Waals surface area contributed by atoms with Crippen molar-refractivity contribution in [3.05, 3.63) is 0 Å². The molecule has 0 fully saturated rings. The summed E-state index contributed by atoms with van der Waals surface area (Å²) in [6.45, 7) is 0. The number of hydrogen-bond donors (Lipinski definition) is 0. The lowest BCUT2D eigenvalue weighted by molar-refractivity contribution is 0.507. The quantitative estimate of drug-likeness (QED) is 0.476. The first-order valence-corrected chi connectivity index (χ1v) is 1.89. The molecule has 0 unspecified atom stereocenters. The van der Waals surface area contributed by atoms with E-state index in [9.17, 15) is 4.39 Å². The Morgan fingerprint density at radius 1 is 0.800 bits per heavy atom. The van der Waals surface area contributed by atoms with Gasteiger partial charge >= 0.3 is 4.05 Å². The van der Waals surface area contributed by atoms with E-state index in [4.69, 9.17) is 0 Å². The van der Waals surface area contributed by atoms with Crippen molar-refractivity contribution in [1.82, 2.24) is 0 Å². The minimum absolute atomic E-state index is 0. The van der Waals surface area contributed by atoms with Crippen molar-refractivity contribution in [3.63, 3.8) is 0 Å². The second-order valence-corrected chi connectivity index (χ2v) is 2.57. The normalized spacial score (nSPS) is 6.00. The Labute approximate surface area is 103 Å². The van der Waals surface area contributed by atoms with E-state index in [0.717, 1.165) is 0 Å². The molecule has 0 amide bonds. The van der Waals surface area contributed by atoms with E-state index in [-0.39, 0.29) is 60.6 Å². The topological polar surface area (TPSA) is 0 Å². The van der Waals surface area contributed by atoms with Gasteiger partial charge in [-0.1, -0.05) is 0 Å². The third-order valence-corrected chi connectivity index (χ3v) is 0. The van der Waals surface area contributed by atoms with Crippen LogP contribution in [0.25, 0.3) is 0 Å². The van der Waals surface area contributed by atoms with Gasteiger partial charge in [0.25, 0.3) is 0 Å². The summed E-state index contributed by atoms with van der Waals surface area (Å²) in [4.78, 5) is 0. The average Bonchev–Trinajstić information content (AvgIpc) is 0.722. The molecule has 9 heteroatoms. The molecule has 0 rings (SSSR count). The molecule has 0 saturated carbocycles. The predicted octanol–water partition coefficient (Wildman–Crippen LogP) is 2.52. The zero-order valence-electron chi connectivity index (χ0n) is 3.64. The highest BCUT2D eigenvalue weighted by Crippen LogP contribution is 2.26. The molecule has 0 aliphatic rings. The van der Waals surface area contributed by atoms with E-state index >= 15 is 0 Å². The molecule has 0 aromatic carbocycles. The Morgan fingerprint density at radius 3 is 0.800 bits per heavy atom. The van der Waals surface area contributed by atoms with Crippen LogP contribution in [0.1, 0.15) is 0 Å². The van der Waals surface area contributed by atoms with Gasteiger partial charge in [0.2, 0.25) is 0 Å². The summed E-state index contributed by atoms with van der Waals surface area (Å²) in [5.74, 6) is 0. The lowest BCUT2D eigenvalue weighted by atomic mass is 11.7. The molecule has 0 atom stereocenters. The third kappa shape index (κ3) is 181. The Balaban J connectivity index is -0.00000000800. The summed E-state index contributed by atoms with van der Waals surface area (Å²) in [5, 5.41) is 0. The van der Waals surface area contributed by atoms with Gasteiger partial charge in [0.15, 0.2) is 0 Å². The zero-order chi connectivity index (χ0) is 4.50. The van der Waals surface area contributed by atoms with Crippen LogP contribution >= 0.6 is 84.4 Å². The highest BCUT2D eigenvalue weighted by Gasteiger charge is 2.14. The largest absolute Gasteiger partial charge is 0.333 e. The van der Waals surface area contributed by atoms with Crippen molar-refractivity contribution in [2.45, 2.75) is 4.05 Å². The number of halogens is 8. The Kier molecular flexibility index (Phi) is 69.0. The van der Waals surface area contributed by atoms with Gasteiger partial charge in [-0.2, -0.15) is 4.39 Å². The minimum Gasteiger partial charge on any atom is -0.189 e. The third-order valence-electron chi connectivity index (χ3n) is 0. The van der Waals surface area contributed by atoms with E-state index in [2.05, 4.69) is 34.8 Å². The molecular weight excluding hydrogens is 307 g/mol. The van der Waals surface area contributed by atoms with Crippen molar-refractivity contribution in [1.29, 1.82) is 0 Å². The summed E-state index contributed by atoms with van der Waals surface area (Å²) >= 11 is 13.2. The van der Waals surface area contributed by atoms with E-state index < -0.39 is 4.05 Å². The fraction of sp³-hybridized carbons (Fsp3) is 1.00. The highest BCUT2D eigenvalue weighted by molar-refractivity contribution is 6.66. The fourth-order valence-electron chi connectivity index (χ4n) is 0. The Hall–Kier alpha value is 2.18. The zero-order valence-corrected chi connectivity index (χ0v) is 9.18. The van der Waals surface area contributed by atoms with Crippen LogP contribution in [0.5, 0.6) is 0 Å². The van der Waals surface area contributed by atoms with Crippen LogP contribution in [0.2, 0.25) is 0 Å². The summed E-state index contributed by atoms with van der Waals surface area (Å²) in [7, 11) is 0. The van der Waals surface area contributed by atoms with Gasteiger partial charge in [0.05, 0.1) is 0 Å². The van der Waals surface area contributed by atoms with Gasteiger partial charge in [-0.3, -0.25) is 0 Å². The molecule has 0 aromatic heterocycles. The summed E-state index contributed by atoms with van der Waals surface area (Å²) in [5.41, 5.74) is 0. The molecule has 72 valence electrons. The minimum atomic E-state index is -2.58. The van der Waals surface area contributed by atoms with Crippen LogP contribution in [0.3, 0.4) is 0 Å². The predicted molar refractivity (Wildman–Crippen MR) is 61.7 cm³/mol. The molecule has 0 nitrogen and oxygen atoms in total. The van der Waals surface area contributed by atoms with Gasteiger partial charge in [0, 0.05) is 0 Å². The monoisotopic (exact) mass is 312 g/mol. The van der Waals surface area contributed by atoms with Gasteiger partial charge in [0.1, 0.15) is 0 Å². The molecule has 0 saturated heterocycles. The number of hydrogen-bond acceptors (Lipinski definition) is 0. The first kappa shape index (κ1) is 39.9. The Morgan fingerprint density at radius 2 is 0.800 bits per heavy atom. The molecule has 10 heavy (non-hydrogen) atoms. The van der Waals surface area contributed by atoms with Crippen molar-refractivity contribution in [3.8, 4) is 0 Å². The lowest BCUT2D eigenvalue weighted by Crippen LogP contribution is -1.83. The van der Waals surface area contributed by atoms with E-state index in [1.54, 1.807) is 0 Å². The van der Waals surface area contributed by atoms with Gasteiger partial charge in [-0.05, 0) is 45.8 Å². The van der Waals surface area contributed by atoms with Crippen molar-refractivity contribution < 1.29 is 4.39 Å². The second-order valence-electron chi connectivity index (χ2n) is 0.429. The SMILES string of the molecule is Cl.Cl.Cl.Cl.FC(Cl)(Cl)Cl.[SiH4]. The van der Waals surface area contributed by atoms with Crippen LogP contribution in [0.4, 0.5) is 4.39 Å². The number of alkyl halides is 4. The smallest absolute Gasteiger partial charge is 0.189 e. The average molecular weight is 315 g/mol. The molecule has 0 aliphatic heterocycles. The van der Waals surface area contributed by atoms with E-state index in [1.165, 1.54) is 0 Å². The van der Waals surface area contributed by atoms with Gasteiger partial charge < -0.3 is 0 Å². The van der Waals surface area contributed by atoms with Crippen molar-refractivity contribution in [2.24, 2.45) is 0 Å². The highest BCUT2D eigenvalue weighted by atomic mass is 35.6. The fourth-order valence-corrected chi connectivity index (χ4v) is 0. The maximum absolute atomic E-state index is 11.0. The van der Waals surface area contributed by atoms with Crippen molar-refractivity contribution in [2.75, 3.05) is 0 Å². The van der Waals surface area contributed by atoms with E-state index in [0.29, 0.717) is 0 Å². The lowest BCUT2D eigenvalue weighted by Gasteiger charge is -1.89. The van der Waals surface area contributed by atoms with Gasteiger partial charge in [-0.15, -0.1) is 49.6 Å². The number of rotatable bonds is 0. The first-order valence-electron chi connectivity index (χ1n) is 0.756. The standard InChI is InChI=1S/CCl3F.4ClH.H4Si/c2-1(3,4)5;;;;;/h;4*1H;1H4. The summed E-state index contributed by atoms with van der Waals surface area (Å²) in [6.07, 6.45) is 0. The molecule has 0 spiro atoms. The molecule has 0 heterocycles. The second kappa shape index (κ2) is 17.3. The first-order chi connectivity index (χ1) is 2.00. The molecule has 0 bridgehead atoms. The Bertz CT molecular complexity index is 29.1. The molecular formula is CH8Cl7FSi.